The zero-order valence-electron chi connectivity index (χ0n) is 17.4. The molecule has 0 aliphatic carbocycles. The zero-order valence-corrected chi connectivity index (χ0v) is 18.3. The van der Waals surface area contributed by atoms with E-state index in [1.807, 2.05) is 0 Å². The predicted octanol–water partition coefficient (Wildman–Crippen LogP) is 3.88. The molecule has 1 aliphatic heterocycles. The van der Waals surface area contributed by atoms with Gasteiger partial charge in [0.25, 0.3) is 0 Å². The van der Waals surface area contributed by atoms with E-state index >= 15 is 0 Å². The van der Waals surface area contributed by atoms with Crippen molar-refractivity contribution in [2.75, 3.05) is 31.6 Å². The zero-order chi connectivity index (χ0) is 23.3. The van der Waals surface area contributed by atoms with Crippen molar-refractivity contribution in [3.8, 4) is 11.5 Å². The number of nitrogens with zero attached hydrogens (tertiary/aromatic N) is 1. The lowest BCUT2D eigenvalue weighted by molar-refractivity contribution is -0.111. The van der Waals surface area contributed by atoms with Gasteiger partial charge in [-0.15, -0.1) is 0 Å². The maximum absolute atomic E-state index is 13.2. The van der Waals surface area contributed by atoms with E-state index in [0.29, 0.717) is 24.7 Å². The smallest absolute Gasteiger partial charge is 0.248 e. The molecule has 1 amide bonds. The molecule has 10 heteroatoms. The first-order valence-electron chi connectivity index (χ1n) is 10.1. The Kier molecular flexibility index (Phi) is 6.87. The van der Waals surface area contributed by atoms with Gasteiger partial charge in [0.2, 0.25) is 15.9 Å². The van der Waals surface area contributed by atoms with Crippen LogP contribution in [-0.2, 0) is 19.6 Å². The summed E-state index contributed by atoms with van der Waals surface area (Å²) in [6, 6.07) is 12.9. The van der Waals surface area contributed by atoms with E-state index in [0.717, 1.165) is 0 Å². The maximum atomic E-state index is 13.2. The summed E-state index contributed by atoms with van der Waals surface area (Å²) in [4.78, 5) is 12.5. The van der Waals surface area contributed by atoms with E-state index in [1.54, 1.807) is 12.1 Å². The molecule has 1 fully saturated rings. The second kappa shape index (κ2) is 9.99. The van der Waals surface area contributed by atoms with E-state index in [2.05, 4.69) is 5.32 Å². The van der Waals surface area contributed by atoms with Crippen molar-refractivity contribution in [3.05, 3.63) is 78.5 Å². The van der Waals surface area contributed by atoms with Crippen molar-refractivity contribution in [1.82, 2.24) is 4.31 Å². The van der Waals surface area contributed by atoms with E-state index in [1.165, 1.54) is 65.2 Å². The predicted molar refractivity (Wildman–Crippen MR) is 119 cm³/mol. The Morgan fingerprint density at radius 3 is 2.55 bits per heavy atom. The number of halogens is 1. The second-order valence-corrected chi connectivity index (χ2v) is 9.01. The number of amides is 1. The monoisotopic (exact) mass is 472 g/mol. The summed E-state index contributed by atoms with van der Waals surface area (Å²) in [7, 11) is -3.80. The first kappa shape index (κ1) is 22.7. The minimum atomic E-state index is -3.80. The molecule has 0 radical (unpaired) electrons. The van der Waals surface area contributed by atoms with Crippen molar-refractivity contribution in [2.45, 2.75) is 4.90 Å². The van der Waals surface area contributed by atoms with Crippen LogP contribution in [0.4, 0.5) is 10.1 Å². The number of rotatable bonds is 7. The molecule has 0 atom stereocenters. The van der Waals surface area contributed by atoms with Crippen LogP contribution in [0.3, 0.4) is 0 Å². The molecule has 0 spiro atoms. The molecule has 3 aromatic rings. The van der Waals surface area contributed by atoms with Gasteiger partial charge < -0.3 is 19.2 Å². The van der Waals surface area contributed by atoms with Crippen LogP contribution in [0.15, 0.2) is 76.2 Å². The summed E-state index contributed by atoms with van der Waals surface area (Å²) < 4.78 is 56.9. The summed E-state index contributed by atoms with van der Waals surface area (Å²) in [5, 5.41) is 2.65. The first-order valence-corrected chi connectivity index (χ1v) is 11.5. The van der Waals surface area contributed by atoms with E-state index < -0.39 is 21.7 Å². The van der Waals surface area contributed by atoms with Crippen LogP contribution in [0, 0.1) is 5.82 Å². The number of carbonyl (C=O) groups excluding carboxylic acids is 1. The lowest BCUT2D eigenvalue weighted by Gasteiger charge is -2.26. The Labute approximate surface area is 190 Å². The number of morpholine rings is 1. The second-order valence-electron chi connectivity index (χ2n) is 7.07. The van der Waals surface area contributed by atoms with Gasteiger partial charge in [-0.2, -0.15) is 4.31 Å². The molecule has 1 N–H and O–H groups in total. The molecule has 33 heavy (non-hydrogen) atoms. The van der Waals surface area contributed by atoms with Crippen LogP contribution in [0.5, 0.6) is 11.5 Å². The van der Waals surface area contributed by atoms with Gasteiger partial charge in [0, 0.05) is 19.2 Å². The number of hydrogen-bond acceptors (Lipinski definition) is 6. The molecule has 2 aromatic carbocycles. The lowest BCUT2D eigenvalue weighted by Crippen LogP contribution is -2.40. The summed E-state index contributed by atoms with van der Waals surface area (Å²) >= 11 is 0. The summed E-state index contributed by atoms with van der Waals surface area (Å²) in [6.45, 7) is 1.10. The largest absolute Gasteiger partial charge is 0.465 e. The molecule has 0 unspecified atom stereocenters. The highest BCUT2D eigenvalue weighted by molar-refractivity contribution is 7.89. The number of nitrogens with one attached hydrogen (secondary N) is 1. The third-order valence-corrected chi connectivity index (χ3v) is 6.69. The molecule has 172 valence electrons. The Hall–Kier alpha value is -3.47. The molecule has 8 nitrogen and oxygen atoms in total. The molecule has 2 heterocycles. The number of hydrogen-bond donors (Lipinski definition) is 1. The van der Waals surface area contributed by atoms with Crippen LogP contribution >= 0.6 is 0 Å². The Morgan fingerprint density at radius 1 is 1.09 bits per heavy atom. The van der Waals surface area contributed by atoms with E-state index in [-0.39, 0.29) is 29.4 Å². The minimum Gasteiger partial charge on any atom is -0.465 e. The van der Waals surface area contributed by atoms with Crippen LogP contribution in [0.1, 0.15) is 5.76 Å². The van der Waals surface area contributed by atoms with E-state index in [9.17, 15) is 17.6 Å². The van der Waals surface area contributed by atoms with Crippen LogP contribution in [0.25, 0.3) is 6.08 Å². The van der Waals surface area contributed by atoms with Gasteiger partial charge in [0.15, 0.2) is 5.75 Å². The first-order chi connectivity index (χ1) is 15.9. The molecule has 4 rings (SSSR count). The number of carbonyl (C=O) groups is 1. The molecule has 1 aromatic heterocycles. The fourth-order valence-corrected chi connectivity index (χ4v) is 4.57. The van der Waals surface area contributed by atoms with Crippen molar-refractivity contribution in [3.63, 3.8) is 0 Å². The van der Waals surface area contributed by atoms with Crippen molar-refractivity contribution in [2.24, 2.45) is 0 Å². The number of sulfonamides is 1. The summed E-state index contributed by atoms with van der Waals surface area (Å²) in [5.41, 5.74) is 0.141. The number of ether oxygens (including phenoxy) is 2. The topological polar surface area (TPSA) is 98.1 Å². The molecule has 0 saturated carbocycles. The molecule has 1 saturated heterocycles. The number of anilines is 1. The van der Waals surface area contributed by atoms with Crippen LogP contribution in [-0.4, -0.2) is 44.9 Å². The lowest BCUT2D eigenvalue weighted by atomic mass is 10.2. The average molecular weight is 472 g/mol. The van der Waals surface area contributed by atoms with Crippen molar-refractivity contribution >= 4 is 27.7 Å². The molecular formula is C23H21FN2O6S. The Bertz CT molecular complexity index is 1230. The van der Waals surface area contributed by atoms with Gasteiger partial charge >= 0.3 is 0 Å². The number of furan rings is 1. The van der Waals surface area contributed by atoms with Crippen LogP contribution in [0.2, 0.25) is 0 Å². The summed E-state index contributed by atoms with van der Waals surface area (Å²) in [5.74, 6) is 0.0582. The summed E-state index contributed by atoms with van der Waals surface area (Å²) in [6.07, 6.45) is 4.21. The Morgan fingerprint density at radius 2 is 1.85 bits per heavy atom. The Balaban J connectivity index is 1.63. The van der Waals surface area contributed by atoms with Gasteiger partial charge in [-0.05, 0) is 60.7 Å². The quantitative estimate of drug-likeness (QED) is 0.524. The van der Waals surface area contributed by atoms with Gasteiger partial charge in [-0.25, -0.2) is 12.8 Å². The third-order valence-electron chi connectivity index (χ3n) is 4.80. The highest BCUT2D eigenvalue weighted by Gasteiger charge is 2.27. The highest BCUT2D eigenvalue weighted by Crippen LogP contribution is 2.33. The fourth-order valence-electron chi connectivity index (χ4n) is 3.14. The average Bonchev–Trinajstić information content (AvgIpc) is 3.34. The number of benzene rings is 2. The highest BCUT2D eigenvalue weighted by atomic mass is 32.2. The molecule has 0 bridgehead atoms. The standard InChI is InChI=1S/C23H21FN2O6S/c24-17-3-5-19(6-4-17)32-22-9-8-20(33(28,29)26-11-14-30-15-12-26)16-21(22)25-23(27)10-7-18-2-1-13-31-18/h1-10,13,16H,11-12,14-15H2,(H,25,27)/b10-7+. The van der Waals surface area contributed by atoms with E-state index in [4.69, 9.17) is 13.9 Å². The third kappa shape index (κ3) is 5.67. The van der Waals surface area contributed by atoms with Gasteiger partial charge in [-0.3, -0.25) is 4.79 Å². The maximum Gasteiger partial charge on any atom is 0.248 e. The normalized spacial score (nSPS) is 14.9. The SMILES string of the molecule is O=C(/C=C/c1ccco1)Nc1cc(S(=O)(=O)N2CCOCC2)ccc1Oc1ccc(F)cc1. The van der Waals surface area contributed by atoms with Crippen molar-refractivity contribution in [1.29, 1.82) is 0 Å². The van der Waals surface area contributed by atoms with Gasteiger partial charge in [-0.1, -0.05) is 0 Å². The minimum absolute atomic E-state index is 0.00108. The van der Waals surface area contributed by atoms with Gasteiger partial charge in [0.1, 0.15) is 17.3 Å². The van der Waals surface area contributed by atoms with Crippen LogP contribution < -0.4 is 10.1 Å². The van der Waals surface area contributed by atoms with Gasteiger partial charge in [0.05, 0.1) is 30.1 Å². The fraction of sp³-hybridized carbons (Fsp3) is 0.174. The molecule has 1 aliphatic rings. The van der Waals surface area contributed by atoms with Crippen molar-refractivity contribution < 1.29 is 31.5 Å². The molecular weight excluding hydrogens is 451 g/mol.